The van der Waals surface area contributed by atoms with Crippen molar-refractivity contribution in [3.05, 3.63) is 34.5 Å². The van der Waals surface area contributed by atoms with E-state index >= 15 is 0 Å². The molecule has 10 heavy (non-hydrogen) atoms. The Balaban J connectivity index is 3.14. The number of azide groups is 1. The molecule has 0 aliphatic carbocycles. The van der Waals surface area contributed by atoms with Crippen LogP contribution in [-0.2, 0) is 0 Å². The minimum atomic E-state index is 0.637. The highest BCUT2D eigenvalue weighted by Gasteiger charge is 1.90. The number of nitrogens with zero attached hydrogens (tertiary/aromatic N) is 4. The monoisotopic (exact) mass is 134 g/mol. The number of rotatable bonds is 1. The van der Waals surface area contributed by atoms with Crippen molar-refractivity contribution in [1.29, 1.82) is 0 Å². The fourth-order valence-corrected chi connectivity index (χ4v) is 0.626. The highest BCUT2D eigenvalue weighted by molar-refractivity contribution is 5.42. The van der Waals surface area contributed by atoms with Crippen molar-refractivity contribution in [2.45, 2.75) is 6.92 Å². The predicted octanol–water partition coefficient (Wildman–Crippen LogP) is 2.33. The van der Waals surface area contributed by atoms with Crippen LogP contribution in [0, 0.1) is 6.92 Å². The molecule has 0 bridgehead atoms. The second-order valence-electron chi connectivity index (χ2n) is 1.85. The summed E-state index contributed by atoms with van der Waals surface area (Å²) in [5, 5.41) is 3.45. The summed E-state index contributed by atoms with van der Waals surface area (Å²) in [6.07, 6.45) is 3.25. The molecule has 0 aliphatic rings. The van der Waals surface area contributed by atoms with Crippen molar-refractivity contribution in [1.82, 2.24) is 4.98 Å². The van der Waals surface area contributed by atoms with Crippen LogP contribution in [0.4, 0.5) is 5.69 Å². The van der Waals surface area contributed by atoms with E-state index in [1.54, 1.807) is 18.5 Å². The molecule has 1 aromatic heterocycles. The molecule has 1 aromatic rings. The zero-order chi connectivity index (χ0) is 7.40. The normalized spacial score (nSPS) is 8.50. The first-order valence-electron chi connectivity index (χ1n) is 2.80. The molecule has 50 valence electrons. The van der Waals surface area contributed by atoms with Gasteiger partial charge in [0.1, 0.15) is 0 Å². The fourth-order valence-electron chi connectivity index (χ4n) is 0.626. The Kier molecular flexibility index (Phi) is 1.87. The van der Waals surface area contributed by atoms with E-state index < -0.39 is 0 Å². The largest absolute Gasteiger partial charge is 0.264 e. The summed E-state index contributed by atoms with van der Waals surface area (Å²) in [5.41, 5.74) is 9.61. The molecule has 0 saturated heterocycles. The van der Waals surface area contributed by atoms with Crippen LogP contribution in [0.15, 0.2) is 23.6 Å². The molecule has 0 unspecified atom stereocenters. The lowest BCUT2D eigenvalue weighted by molar-refractivity contribution is 1.24. The lowest BCUT2D eigenvalue weighted by atomic mass is 10.3. The first-order valence-corrected chi connectivity index (χ1v) is 2.80. The maximum absolute atomic E-state index is 8.08. The predicted molar refractivity (Wildman–Crippen MR) is 37.8 cm³/mol. The van der Waals surface area contributed by atoms with Gasteiger partial charge in [-0.05, 0) is 24.1 Å². The van der Waals surface area contributed by atoms with E-state index in [1.807, 2.05) is 6.92 Å². The highest BCUT2D eigenvalue weighted by Crippen LogP contribution is 2.14. The molecular formula is C6H6N4. The Labute approximate surface area is 58.1 Å². The van der Waals surface area contributed by atoms with Crippen LogP contribution in [0.5, 0.6) is 0 Å². The Bertz CT molecular complexity index is 275. The van der Waals surface area contributed by atoms with Gasteiger partial charge in [-0.3, -0.25) is 4.98 Å². The number of hydrogen-bond acceptors (Lipinski definition) is 2. The van der Waals surface area contributed by atoms with Crippen LogP contribution in [-0.4, -0.2) is 4.98 Å². The fraction of sp³-hybridized carbons (Fsp3) is 0.167. The summed E-state index contributed by atoms with van der Waals surface area (Å²) < 4.78 is 0. The Morgan fingerprint density at radius 2 is 2.50 bits per heavy atom. The van der Waals surface area contributed by atoms with E-state index in [0.29, 0.717) is 5.69 Å². The smallest absolute Gasteiger partial charge is 0.0435 e. The molecule has 0 radical (unpaired) electrons. The number of pyridine rings is 1. The van der Waals surface area contributed by atoms with Crippen molar-refractivity contribution < 1.29 is 0 Å². The van der Waals surface area contributed by atoms with Gasteiger partial charge in [-0.15, -0.1) is 0 Å². The Morgan fingerprint density at radius 1 is 1.70 bits per heavy atom. The van der Waals surface area contributed by atoms with Crippen molar-refractivity contribution in [2.75, 3.05) is 0 Å². The standard InChI is InChI=1S/C6H6N4/c1-5-4-8-3-2-6(5)9-10-7/h2-4H,1H3. The highest BCUT2D eigenvalue weighted by atomic mass is 15.1. The molecule has 1 heterocycles. The maximum Gasteiger partial charge on any atom is 0.0435 e. The van der Waals surface area contributed by atoms with Crippen LogP contribution >= 0.6 is 0 Å². The topological polar surface area (TPSA) is 61.7 Å². The molecule has 0 amide bonds. The van der Waals surface area contributed by atoms with Crippen molar-refractivity contribution in [3.8, 4) is 0 Å². The number of hydrogen-bond donors (Lipinski definition) is 0. The third kappa shape index (κ3) is 1.24. The van der Waals surface area contributed by atoms with Gasteiger partial charge in [0.15, 0.2) is 0 Å². The summed E-state index contributed by atoms with van der Waals surface area (Å²) >= 11 is 0. The third-order valence-electron chi connectivity index (χ3n) is 1.14. The van der Waals surface area contributed by atoms with Crippen LogP contribution in [0.25, 0.3) is 10.4 Å². The van der Waals surface area contributed by atoms with Crippen LogP contribution in [0.3, 0.4) is 0 Å². The summed E-state index contributed by atoms with van der Waals surface area (Å²) in [5.74, 6) is 0. The molecular weight excluding hydrogens is 128 g/mol. The van der Waals surface area contributed by atoms with Gasteiger partial charge >= 0.3 is 0 Å². The minimum Gasteiger partial charge on any atom is -0.264 e. The van der Waals surface area contributed by atoms with Gasteiger partial charge in [0.05, 0.1) is 0 Å². The van der Waals surface area contributed by atoms with Gasteiger partial charge in [-0.1, -0.05) is 5.11 Å². The zero-order valence-corrected chi connectivity index (χ0v) is 5.52. The van der Waals surface area contributed by atoms with Gasteiger partial charge in [-0.25, -0.2) is 0 Å². The summed E-state index contributed by atoms with van der Waals surface area (Å²) in [6.45, 7) is 1.84. The van der Waals surface area contributed by atoms with Gasteiger partial charge in [-0.2, -0.15) is 0 Å². The molecule has 0 fully saturated rings. The van der Waals surface area contributed by atoms with Crippen LogP contribution in [0.1, 0.15) is 5.56 Å². The third-order valence-corrected chi connectivity index (χ3v) is 1.14. The average Bonchev–Trinajstić information content (AvgIpc) is 1.94. The maximum atomic E-state index is 8.08. The second kappa shape index (κ2) is 2.85. The molecule has 4 nitrogen and oxygen atoms in total. The average molecular weight is 134 g/mol. The van der Waals surface area contributed by atoms with Crippen LogP contribution in [0.2, 0.25) is 0 Å². The zero-order valence-electron chi connectivity index (χ0n) is 5.52. The molecule has 0 aromatic carbocycles. The van der Waals surface area contributed by atoms with Crippen molar-refractivity contribution in [2.24, 2.45) is 5.11 Å². The molecule has 0 aliphatic heterocycles. The summed E-state index contributed by atoms with van der Waals surface area (Å²) in [6, 6.07) is 1.68. The summed E-state index contributed by atoms with van der Waals surface area (Å²) in [4.78, 5) is 6.51. The summed E-state index contributed by atoms with van der Waals surface area (Å²) in [7, 11) is 0. The lowest BCUT2D eigenvalue weighted by Crippen LogP contribution is -1.73. The van der Waals surface area contributed by atoms with Crippen molar-refractivity contribution >= 4 is 5.69 Å². The second-order valence-corrected chi connectivity index (χ2v) is 1.85. The minimum absolute atomic E-state index is 0.637. The van der Waals surface area contributed by atoms with E-state index in [2.05, 4.69) is 15.0 Å². The van der Waals surface area contributed by atoms with E-state index in [0.717, 1.165) is 5.56 Å². The lowest BCUT2D eigenvalue weighted by Gasteiger charge is -1.92. The molecule has 4 heteroatoms. The van der Waals surface area contributed by atoms with E-state index in [-0.39, 0.29) is 0 Å². The Hall–Kier alpha value is -1.54. The molecule has 0 spiro atoms. The van der Waals surface area contributed by atoms with E-state index in [9.17, 15) is 0 Å². The molecule has 0 N–H and O–H groups in total. The van der Waals surface area contributed by atoms with Crippen molar-refractivity contribution in [3.63, 3.8) is 0 Å². The molecule has 1 rings (SSSR count). The molecule has 0 atom stereocenters. The van der Waals surface area contributed by atoms with Gasteiger partial charge in [0.25, 0.3) is 0 Å². The SMILES string of the molecule is Cc1cnccc1N=[N+]=[N-]. The number of aryl methyl sites for hydroxylation is 1. The van der Waals surface area contributed by atoms with Gasteiger partial charge in [0, 0.05) is 23.0 Å². The van der Waals surface area contributed by atoms with Crippen LogP contribution < -0.4 is 0 Å². The van der Waals surface area contributed by atoms with E-state index in [1.165, 1.54) is 0 Å². The van der Waals surface area contributed by atoms with Gasteiger partial charge < -0.3 is 0 Å². The first-order chi connectivity index (χ1) is 4.84. The first kappa shape index (κ1) is 6.58. The quantitative estimate of drug-likeness (QED) is 0.330. The Morgan fingerprint density at radius 3 is 3.10 bits per heavy atom. The van der Waals surface area contributed by atoms with E-state index in [4.69, 9.17) is 5.53 Å². The molecule has 0 saturated carbocycles. The number of aromatic nitrogens is 1. The van der Waals surface area contributed by atoms with Gasteiger partial charge in [0.2, 0.25) is 0 Å².